The summed E-state index contributed by atoms with van der Waals surface area (Å²) in [5, 5.41) is 12.5. The minimum Gasteiger partial charge on any atom is -0.491 e. The van der Waals surface area contributed by atoms with Crippen LogP contribution in [-0.2, 0) is 0 Å². The first kappa shape index (κ1) is 15.0. The summed E-state index contributed by atoms with van der Waals surface area (Å²) in [7, 11) is 0. The highest BCUT2D eigenvalue weighted by Gasteiger charge is 2.10. The minimum absolute atomic E-state index is 0.126. The third kappa shape index (κ3) is 4.57. The normalized spacial score (nSPS) is 11.7. The van der Waals surface area contributed by atoms with Gasteiger partial charge < -0.3 is 15.2 Å². The molecule has 1 atom stereocenters. The van der Waals surface area contributed by atoms with Crippen LogP contribution in [0.25, 0.3) is 0 Å². The average Bonchev–Trinajstić information content (AvgIpc) is 2.52. The number of aromatic nitrogens is 1. The molecule has 1 amide bonds. The van der Waals surface area contributed by atoms with Crippen LogP contribution in [-0.4, -0.2) is 35.3 Å². The van der Waals surface area contributed by atoms with Crippen LogP contribution in [0.5, 0.6) is 5.75 Å². The van der Waals surface area contributed by atoms with Crippen molar-refractivity contribution in [3.05, 3.63) is 59.9 Å². The van der Waals surface area contributed by atoms with Crippen LogP contribution in [0.2, 0.25) is 0 Å². The molecule has 0 fully saturated rings. The molecule has 0 radical (unpaired) electrons. The molecule has 0 aliphatic carbocycles. The van der Waals surface area contributed by atoms with E-state index < -0.39 is 6.10 Å². The van der Waals surface area contributed by atoms with Crippen LogP contribution in [0.3, 0.4) is 0 Å². The summed E-state index contributed by atoms with van der Waals surface area (Å²) in [5.74, 6) is 0.490. The lowest BCUT2D eigenvalue weighted by Crippen LogP contribution is -2.35. The van der Waals surface area contributed by atoms with Crippen LogP contribution in [0, 0.1) is 6.92 Å². The van der Waals surface area contributed by atoms with Crippen molar-refractivity contribution in [1.82, 2.24) is 10.3 Å². The molecule has 0 saturated carbocycles. The standard InChI is InChI=1S/C16H18N2O3/c1-12-4-2-3-5-15(12)21-11-14(19)10-18-16(20)13-6-8-17-9-7-13/h2-9,14,19H,10-11H2,1H3,(H,18,20). The number of nitrogens with one attached hydrogen (secondary N) is 1. The highest BCUT2D eigenvalue weighted by Crippen LogP contribution is 2.16. The molecule has 2 rings (SSSR count). The fourth-order valence-electron chi connectivity index (χ4n) is 1.78. The fourth-order valence-corrected chi connectivity index (χ4v) is 1.78. The summed E-state index contributed by atoms with van der Waals surface area (Å²) < 4.78 is 5.53. The summed E-state index contributed by atoms with van der Waals surface area (Å²) >= 11 is 0. The maximum atomic E-state index is 11.8. The van der Waals surface area contributed by atoms with Crippen molar-refractivity contribution in [3.8, 4) is 5.75 Å². The molecule has 0 spiro atoms. The smallest absolute Gasteiger partial charge is 0.251 e. The van der Waals surface area contributed by atoms with E-state index in [1.807, 2.05) is 31.2 Å². The minimum atomic E-state index is -0.768. The molecule has 21 heavy (non-hydrogen) atoms. The Morgan fingerprint density at radius 2 is 2.00 bits per heavy atom. The third-order valence-corrected chi connectivity index (χ3v) is 2.97. The number of carbonyl (C=O) groups is 1. The van der Waals surface area contributed by atoms with E-state index in [0.29, 0.717) is 5.56 Å². The van der Waals surface area contributed by atoms with Crippen molar-refractivity contribution in [2.45, 2.75) is 13.0 Å². The number of hydrogen-bond donors (Lipinski definition) is 2. The van der Waals surface area contributed by atoms with Crippen LogP contribution < -0.4 is 10.1 Å². The van der Waals surface area contributed by atoms with Crippen molar-refractivity contribution < 1.29 is 14.6 Å². The van der Waals surface area contributed by atoms with Gasteiger partial charge in [-0.25, -0.2) is 0 Å². The number of rotatable bonds is 6. The van der Waals surface area contributed by atoms with Gasteiger partial charge in [0.05, 0.1) is 0 Å². The topological polar surface area (TPSA) is 71.5 Å². The molecule has 0 aliphatic rings. The van der Waals surface area contributed by atoms with Crippen LogP contribution in [0.15, 0.2) is 48.8 Å². The van der Waals surface area contributed by atoms with E-state index in [9.17, 15) is 9.90 Å². The summed E-state index contributed by atoms with van der Waals surface area (Å²) in [5.41, 5.74) is 1.52. The second kappa shape index (κ2) is 7.40. The number of benzene rings is 1. The van der Waals surface area contributed by atoms with Gasteiger partial charge in [-0.3, -0.25) is 9.78 Å². The van der Waals surface area contributed by atoms with E-state index in [0.717, 1.165) is 11.3 Å². The third-order valence-electron chi connectivity index (χ3n) is 2.97. The van der Waals surface area contributed by atoms with Crippen molar-refractivity contribution in [2.75, 3.05) is 13.2 Å². The van der Waals surface area contributed by atoms with Crippen LogP contribution in [0.4, 0.5) is 0 Å². The molecule has 1 aromatic carbocycles. The monoisotopic (exact) mass is 286 g/mol. The first-order valence-electron chi connectivity index (χ1n) is 6.71. The quantitative estimate of drug-likeness (QED) is 0.845. The Kier molecular flexibility index (Phi) is 5.29. The SMILES string of the molecule is Cc1ccccc1OCC(O)CNC(=O)c1ccncc1. The Hall–Kier alpha value is -2.40. The van der Waals surface area contributed by atoms with Crippen molar-refractivity contribution >= 4 is 5.91 Å². The molecule has 0 saturated heterocycles. The van der Waals surface area contributed by atoms with E-state index in [2.05, 4.69) is 10.3 Å². The Morgan fingerprint density at radius 3 is 2.71 bits per heavy atom. The van der Waals surface area contributed by atoms with Gasteiger partial charge in [0.25, 0.3) is 5.91 Å². The first-order chi connectivity index (χ1) is 10.2. The molecule has 1 aromatic heterocycles. The number of carbonyl (C=O) groups excluding carboxylic acids is 1. The van der Waals surface area contributed by atoms with E-state index in [4.69, 9.17) is 4.74 Å². The number of aliphatic hydroxyl groups is 1. The van der Waals surface area contributed by atoms with Crippen molar-refractivity contribution in [2.24, 2.45) is 0 Å². The number of nitrogens with zero attached hydrogens (tertiary/aromatic N) is 1. The van der Waals surface area contributed by atoms with Gasteiger partial charge in [-0.05, 0) is 30.7 Å². The van der Waals surface area contributed by atoms with Gasteiger partial charge in [0.15, 0.2) is 0 Å². The van der Waals surface area contributed by atoms with Gasteiger partial charge in [-0.15, -0.1) is 0 Å². The molecule has 5 heteroatoms. The zero-order valence-corrected chi connectivity index (χ0v) is 11.8. The summed E-state index contributed by atoms with van der Waals surface area (Å²) in [4.78, 5) is 15.6. The van der Waals surface area contributed by atoms with Gasteiger partial charge in [0.1, 0.15) is 18.5 Å². The van der Waals surface area contributed by atoms with Gasteiger partial charge in [0.2, 0.25) is 0 Å². The zero-order valence-electron chi connectivity index (χ0n) is 11.8. The average molecular weight is 286 g/mol. The second-order valence-electron chi connectivity index (χ2n) is 4.68. The molecule has 5 nitrogen and oxygen atoms in total. The predicted octanol–water partition coefficient (Wildman–Crippen LogP) is 1.56. The van der Waals surface area contributed by atoms with Crippen molar-refractivity contribution in [3.63, 3.8) is 0 Å². The molecule has 0 aliphatic heterocycles. The Balaban J connectivity index is 1.76. The largest absolute Gasteiger partial charge is 0.491 e. The van der Waals surface area contributed by atoms with Crippen LogP contribution >= 0.6 is 0 Å². The number of pyridine rings is 1. The number of ether oxygens (including phenoxy) is 1. The summed E-state index contributed by atoms with van der Waals surface area (Å²) in [6.07, 6.45) is 2.33. The van der Waals surface area contributed by atoms with E-state index in [1.54, 1.807) is 24.5 Å². The predicted molar refractivity (Wildman–Crippen MR) is 79.3 cm³/mol. The number of aryl methyl sites for hydroxylation is 1. The summed E-state index contributed by atoms with van der Waals surface area (Å²) in [6, 6.07) is 10.8. The maximum Gasteiger partial charge on any atom is 0.251 e. The first-order valence-corrected chi connectivity index (χ1v) is 6.71. The molecule has 2 aromatic rings. The zero-order chi connectivity index (χ0) is 15.1. The molecule has 1 unspecified atom stereocenters. The molecule has 1 heterocycles. The molecular weight excluding hydrogens is 268 g/mol. The second-order valence-corrected chi connectivity index (χ2v) is 4.68. The lowest BCUT2D eigenvalue weighted by atomic mass is 10.2. The fraction of sp³-hybridized carbons (Fsp3) is 0.250. The summed E-state index contributed by atoms with van der Waals surface area (Å²) in [6.45, 7) is 2.20. The van der Waals surface area contributed by atoms with Gasteiger partial charge in [-0.2, -0.15) is 0 Å². The van der Waals surface area contributed by atoms with E-state index in [-0.39, 0.29) is 19.1 Å². The lowest BCUT2D eigenvalue weighted by Gasteiger charge is -2.14. The maximum absolute atomic E-state index is 11.8. The van der Waals surface area contributed by atoms with E-state index >= 15 is 0 Å². The van der Waals surface area contributed by atoms with Crippen LogP contribution in [0.1, 0.15) is 15.9 Å². The molecular formula is C16H18N2O3. The Morgan fingerprint density at radius 1 is 1.29 bits per heavy atom. The molecule has 110 valence electrons. The number of hydrogen-bond acceptors (Lipinski definition) is 4. The van der Waals surface area contributed by atoms with Gasteiger partial charge in [0, 0.05) is 24.5 Å². The van der Waals surface area contributed by atoms with Gasteiger partial charge in [-0.1, -0.05) is 18.2 Å². The number of amides is 1. The molecule has 0 bridgehead atoms. The highest BCUT2D eigenvalue weighted by atomic mass is 16.5. The lowest BCUT2D eigenvalue weighted by molar-refractivity contribution is 0.0842. The Bertz CT molecular complexity index is 587. The Labute approximate surface area is 123 Å². The molecule has 2 N–H and O–H groups in total. The highest BCUT2D eigenvalue weighted by molar-refractivity contribution is 5.93. The van der Waals surface area contributed by atoms with Gasteiger partial charge >= 0.3 is 0 Å². The van der Waals surface area contributed by atoms with E-state index in [1.165, 1.54) is 0 Å². The number of para-hydroxylation sites is 1. The van der Waals surface area contributed by atoms with Crippen molar-refractivity contribution in [1.29, 1.82) is 0 Å². The number of aliphatic hydroxyl groups excluding tert-OH is 1.